The molecule has 0 unspecified atom stereocenters. The molecule has 7 heteroatoms. The van der Waals surface area contributed by atoms with Crippen LogP contribution in [0.4, 0.5) is 16.2 Å². The van der Waals surface area contributed by atoms with Crippen molar-refractivity contribution in [1.29, 1.82) is 0 Å². The number of benzene rings is 2. The lowest BCUT2D eigenvalue weighted by Crippen LogP contribution is -2.14. The second-order valence-electron chi connectivity index (χ2n) is 5.97. The molecule has 0 saturated heterocycles. The Morgan fingerprint density at radius 2 is 1.00 bits per heavy atom. The predicted molar refractivity (Wildman–Crippen MR) is 106 cm³/mol. The maximum atomic E-state index is 11.9. The molecule has 2 N–H and O–H groups in total. The van der Waals surface area contributed by atoms with E-state index in [1.807, 2.05) is 0 Å². The van der Waals surface area contributed by atoms with Crippen LogP contribution in [-0.4, -0.2) is 18.0 Å². The molecule has 2 aromatic rings. The van der Waals surface area contributed by atoms with Gasteiger partial charge < -0.3 is 20.1 Å². The highest BCUT2D eigenvalue weighted by molar-refractivity contribution is 6.03. The van der Waals surface area contributed by atoms with Crippen LogP contribution >= 0.6 is 0 Å². The first-order valence-electron chi connectivity index (χ1n) is 8.28. The Morgan fingerprint density at radius 1 is 0.679 bits per heavy atom. The first kappa shape index (κ1) is 20.4. The van der Waals surface area contributed by atoms with Crippen LogP contribution in [0.3, 0.4) is 0 Å². The summed E-state index contributed by atoms with van der Waals surface area (Å²) in [5, 5.41) is 5.28. The summed E-state index contributed by atoms with van der Waals surface area (Å²) in [5.74, 6) is -0.0840. The topological polar surface area (TPSA) is 93.7 Å². The summed E-state index contributed by atoms with van der Waals surface area (Å²) in [5.41, 5.74) is 1.85. The Balaban J connectivity index is 1.89. The van der Waals surface area contributed by atoms with Crippen molar-refractivity contribution in [3.05, 3.63) is 72.8 Å². The van der Waals surface area contributed by atoms with Crippen molar-refractivity contribution < 1.29 is 23.9 Å². The van der Waals surface area contributed by atoms with Crippen LogP contribution in [0.25, 0.3) is 0 Å². The zero-order valence-electron chi connectivity index (χ0n) is 15.6. The molecule has 7 nitrogen and oxygen atoms in total. The molecule has 0 aromatic heterocycles. The van der Waals surface area contributed by atoms with Gasteiger partial charge in [-0.25, -0.2) is 4.79 Å². The minimum absolute atomic E-state index is 0.253. The van der Waals surface area contributed by atoms with Gasteiger partial charge in [0.25, 0.3) is 11.8 Å². The van der Waals surface area contributed by atoms with Gasteiger partial charge in [-0.3, -0.25) is 9.59 Å². The Kier molecular flexibility index (Phi) is 6.70. The Morgan fingerprint density at radius 3 is 1.29 bits per heavy atom. The molecular weight excluding hydrogens is 360 g/mol. The number of rotatable bonds is 6. The lowest BCUT2D eigenvalue weighted by atomic mass is 10.2. The fourth-order valence-electron chi connectivity index (χ4n) is 1.90. The Labute approximate surface area is 162 Å². The third-order valence-corrected chi connectivity index (χ3v) is 3.40. The van der Waals surface area contributed by atoms with E-state index in [-0.39, 0.29) is 23.3 Å². The number of anilines is 2. The van der Waals surface area contributed by atoms with Gasteiger partial charge in [0.2, 0.25) is 0 Å². The molecule has 0 atom stereocenters. The number of amides is 2. The lowest BCUT2D eigenvalue weighted by molar-refractivity contribution is -0.113. The van der Waals surface area contributed by atoms with Crippen LogP contribution in [0.5, 0.6) is 11.5 Å². The van der Waals surface area contributed by atoms with E-state index in [1.165, 1.54) is 24.3 Å². The number of hydrogen-bond acceptors (Lipinski definition) is 5. The van der Waals surface area contributed by atoms with Gasteiger partial charge in [0.05, 0.1) is 0 Å². The van der Waals surface area contributed by atoms with E-state index in [4.69, 9.17) is 9.47 Å². The molecule has 2 amide bonds. The summed E-state index contributed by atoms with van der Waals surface area (Å²) < 4.78 is 10.2. The highest BCUT2D eigenvalue weighted by atomic mass is 16.7. The molecule has 2 aromatic carbocycles. The number of ether oxygens (including phenoxy) is 2. The quantitative estimate of drug-likeness (QED) is 0.443. The summed E-state index contributed by atoms with van der Waals surface area (Å²) in [6.45, 7) is 10.3. The SMILES string of the molecule is C=C(C)C(=O)Nc1ccc(OC(=O)Oc2ccc(NC(=O)C(=C)C)cc2)cc1. The van der Waals surface area contributed by atoms with Gasteiger partial charge in [-0.15, -0.1) is 0 Å². The van der Waals surface area contributed by atoms with Gasteiger partial charge in [-0.1, -0.05) is 13.2 Å². The molecule has 0 aliphatic carbocycles. The van der Waals surface area contributed by atoms with Crippen molar-refractivity contribution in [3.63, 3.8) is 0 Å². The van der Waals surface area contributed by atoms with E-state index in [0.717, 1.165) is 0 Å². The van der Waals surface area contributed by atoms with Crippen molar-refractivity contribution >= 4 is 29.3 Å². The van der Waals surface area contributed by atoms with Gasteiger partial charge >= 0.3 is 6.16 Å². The molecule has 0 aliphatic heterocycles. The predicted octanol–water partition coefficient (Wildman–Crippen LogP) is 4.29. The monoisotopic (exact) mass is 380 g/mol. The Hall–Kier alpha value is -3.87. The number of nitrogens with one attached hydrogen (secondary N) is 2. The van der Waals surface area contributed by atoms with E-state index < -0.39 is 6.16 Å². The molecule has 0 heterocycles. The number of carbonyl (C=O) groups is 3. The highest BCUT2D eigenvalue weighted by Gasteiger charge is 2.09. The zero-order chi connectivity index (χ0) is 20.7. The average Bonchev–Trinajstić information content (AvgIpc) is 2.64. The van der Waals surface area contributed by atoms with Crippen LogP contribution in [0.1, 0.15) is 13.8 Å². The first-order valence-corrected chi connectivity index (χ1v) is 8.28. The standard InChI is InChI=1S/C21H20N2O5/c1-13(2)19(24)22-15-5-9-17(10-6-15)27-21(26)28-18-11-7-16(8-12-18)23-20(25)14(3)4/h5-12H,1,3H2,2,4H3,(H,22,24)(H,23,25). The zero-order valence-corrected chi connectivity index (χ0v) is 15.6. The molecule has 0 aliphatic rings. The molecule has 144 valence electrons. The fraction of sp³-hybridized carbons (Fsp3) is 0.0952. The maximum absolute atomic E-state index is 11.9. The van der Waals surface area contributed by atoms with Gasteiger partial charge in [0.15, 0.2) is 0 Å². The third-order valence-electron chi connectivity index (χ3n) is 3.40. The van der Waals surface area contributed by atoms with E-state index in [1.54, 1.807) is 38.1 Å². The smallest absolute Gasteiger partial charge is 0.395 e. The van der Waals surface area contributed by atoms with Crippen molar-refractivity contribution in [3.8, 4) is 11.5 Å². The van der Waals surface area contributed by atoms with Crippen LogP contribution < -0.4 is 20.1 Å². The molecule has 0 spiro atoms. The van der Waals surface area contributed by atoms with Crippen molar-refractivity contribution in [1.82, 2.24) is 0 Å². The summed E-state index contributed by atoms with van der Waals surface area (Å²) in [7, 11) is 0. The minimum Gasteiger partial charge on any atom is -0.395 e. The molecule has 0 saturated carbocycles. The second-order valence-corrected chi connectivity index (χ2v) is 5.97. The van der Waals surface area contributed by atoms with E-state index in [2.05, 4.69) is 23.8 Å². The molecule has 0 bridgehead atoms. The molecule has 0 radical (unpaired) electrons. The second kappa shape index (κ2) is 9.18. The summed E-state index contributed by atoms with van der Waals surface area (Å²) in [4.78, 5) is 35.0. The van der Waals surface area contributed by atoms with Crippen molar-refractivity contribution in [2.24, 2.45) is 0 Å². The van der Waals surface area contributed by atoms with Gasteiger partial charge in [-0.05, 0) is 62.4 Å². The van der Waals surface area contributed by atoms with Crippen molar-refractivity contribution in [2.75, 3.05) is 10.6 Å². The Bertz CT molecular complexity index is 839. The number of hydrogen-bond donors (Lipinski definition) is 2. The molecule has 28 heavy (non-hydrogen) atoms. The maximum Gasteiger partial charge on any atom is 0.519 e. The van der Waals surface area contributed by atoms with E-state index in [0.29, 0.717) is 22.5 Å². The molecular formula is C21H20N2O5. The van der Waals surface area contributed by atoms with Gasteiger partial charge in [0, 0.05) is 22.5 Å². The molecule has 2 rings (SSSR count). The fourth-order valence-corrected chi connectivity index (χ4v) is 1.90. The van der Waals surface area contributed by atoms with Gasteiger partial charge in [-0.2, -0.15) is 0 Å². The van der Waals surface area contributed by atoms with Crippen molar-refractivity contribution in [2.45, 2.75) is 13.8 Å². The number of carbonyl (C=O) groups excluding carboxylic acids is 3. The third kappa shape index (κ3) is 6.14. The van der Waals surface area contributed by atoms with Crippen LogP contribution in [0.15, 0.2) is 72.8 Å². The summed E-state index contributed by atoms with van der Waals surface area (Å²) in [6.07, 6.45) is -0.919. The van der Waals surface area contributed by atoms with Crippen LogP contribution in [0, 0.1) is 0 Å². The van der Waals surface area contributed by atoms with E-state index >= 15 is 0 Å². The minimum atomic E-state index is -0.919. The average molecular weight is 380 g/mol. The lowest BCUT2D eigenvalue weighted by Gasteiger charge is -2.08. The normalized spacial score (nSPS) is 9.79. The van der Waals surface area contributed by atoms with E-state index in [9.17, 15) is 14.4 Å². The summed E-state index contributed by atoms with van der Waals surface area (Å²) in [6, 6.07) is 12.4. The van der Waals surface area contributed by atoms with Crippen LogP contribution in [0.2, 0.25) is 0 Å². The largest absolute Gasteiger partial charge is 0.519 e. The molecule has 0 fully saturated rings. The van der Waals surface area contributed by atoms with Crippen LogP contribution in [-0.2, 0) is 9.59 Å². The summed E-state index contributed by atoms with van der Waals surface area (Å²) >= 11 is 0. The highest BCUT2D eigenvalue weighted by Crippen LogP contribution is 2.19. The van der Waals surface area contributed by atoms with Gasteiger partial charge in [0.1, 0.15) is 11.5 Å². The first-order chi connectivity index (χ1) is 13.2.